The molecule has 0 saturated carbocycles. The Morgan fingerprint density at radius 2 is 2.14 bits per heavy atom. The monoisotopic (exact) mass is 313 g/mol. The van der Waals surface area contributed by atoms with Crippen molar-refractivity contribution in [1.29, 1.82) is 0 Å². The van der Waals surface area contributed by atoms with Crippen molar-refractivity contribution in [2.24, 2.45) is 0 Å². The van der Waals surface area contributed by atoms with E-state index in [1.165, 1.54) is 4.88 Å². The third-order valence-corrected chi connectivity index (χ3v) is 4.32. The molecule has 0 aliphatic carbocycles. The van der Waals surface area contributed by atoms with Crippen LogP contribution in [-0.2, 0) is 11.2 Å². The molecule has 1 heterocycles. The SMILES string of the molecule is CCc1cnc(C(C)NC(=O)NCCCCCC(=O)O)s1. The minimum atomic E-state index is -0.774. The first kappa shape index (κ1) is 17.4. The average molecular weight is 313 g/mol. The summed E-state index contributed by atoms with van der Waals surface area (Å²) in [6, 6.07) is -0.323. The number of nitrogens with zero attached hydrogens (tertiary/aromatic N) is 1. The summed E-state index contributed by atoms with van der Waals surface area (Å²) >= 11 is 1.61. The van der Waals surface area contributed by atoms with Gasteiger partial charge >= 0.3 is 12.0 Å². The zero-order chi connectivity index (χ0) is 15.7. The molecule has 0 aliphatic heterocycles. The van der Waals surface area contributed by atoms with E-state index >= 15 is 0 Å². The van der Waals surface area contributed by atoms with Crippen molar-refractivity contribution >= 4 is 23.3 Å². The number of rotatable bonds is 9. The first-order valence-electron chi connectivity index (χ1n) is 7.23. The number of carbonyl (C=O) groups excluding carboxylic acids is 1. The van der Waals surface area contributed by atoms with E-state index in [9.17, 15) is 9.59 Å². The molecule has 2 amide bonds. The van der Waals surface area contributed by atoms with Crippen LogP contribution in [0.25, 0.3) is 0 Å². The largest absolute Gasteiger partial charge is 0.481 e. The number of hydrogen-bond donors (Lipinski definition) is 3. The Kier molecular flexibility index (Phi) is 7.74. The molecule has 1 unspecified atom stereocenters. The lowest BCUT2D eigenvalue weighted by atomic mass is 10.2. The Morgan fingerprint density at radius 1 is 1.38 bits per heavy atom. The second-order valence-electron chi connectivity index (χ2n) is 4.84. The zero-order valence-electron chi connectivity index (χ0n) is 12.5. The van der Waals surface area contributed by atoms with Crippen LogP contribution in [0.4, 0.5) is 4.79 Å². The van der Waals surface area contributed by atoms with Crippen molar-refractivity contribution in [3.63, 3.8) is 0 Å². The van der Waals surface area contributed by atoms with Crippen molar-refractivity contribution in [3.8, 4) is 0 Å². The highest BCUT2D eigenvalue weighted by Crippen LogP contribution is 2.19. The topological polar surface area (TPSA) is 91.3 Å². The van der Waals surface area contributed by atoms with E-state index in [4.69, 9.17) is 5.11 Å². The molecule has 0 fully saturated rings. The molecule has 0 bridgehead atoms. The Balaban J connectivity index is 2.16. The van der Waals surface area contributed by atoms with Gasteiger partial charge in [-0.25, -0.2) is 9.78 Å². The predicted molar refractivity (Wildman–Crippen MR) is 82.5 cm³/mol. The second-order valence-corrected chi connectivity index (χ2v) is 5.99. The fourth-order valence-electron chi connectivity index (χ4n) is 1.78. The Bertz CT molecular complexity index is 462. The lowest BCUT2D eigenvalue weighted by Gasteiger charge is -2.12. The highest BCUT2D eigenvalue weighted by molar-refractivity contribution is 7.11. The quantitative estimate of drug-likeness (QED) is 0.611. The molecule has 3 N–H and O–H groups in total. The van der Waals surface area contributed by atoms with E-state index in [-0.39, 0.29) is 18.5 Å². The maximum absolute atomic E-state index is 11.7. The highest BCUT2D eigenvalue weighted by Gasteiger charge is 2.12. The van der Waals surface area contributed by atoms with Gasteiger partial charge in [-0.1, -0.05) is 13.3 Å². The number of aliphatic carboxylic acids is 1. The number of nitrogens with one attached hydrogen (secondary N) is 2. The summed E-state index contributed by atoms with van der Waals surface area (Å²) in [5.41, 5.74) is 0. The molecule has 7 heteroatoms. The molecule has 1 atom stereocenters. The summed E-state index contributed by atoms with van der Waals surface area (Å²) in [5, 5.41) is 15.0. The molecule has 1 rings (SSSR count). The van der Waals surface area contributed by atoms with Crippen LogP contribution in [0.15, 0.2) is 6.20 Å². The normalized spacial score (nSPS) is 11.9. The molecule has 1 aromatic rings. The lowest BCUT2D eigenvalue weighted by Crippen LogP contribution is -2.37. The molecular weight excluding hydrogens is 290 g/mol. The van der Waals surface area contributed by atoms with Crippen LogP contribution >= 0.6 is 11.3 Å². The molecule has 6 nitrogen and oxygen atoms in total. The van der Waals surface area contributed by atoms with Crippen LogP contribution in [0.5, 0.6) is 0 Å². The van der Waals surface area contributed by atoms with E-state index in [1.54, 1.807) is 11.3 Å². The van der Waals surface area contributed by atoms with Gasteiger partial charge in [0, 0.05) is 24.0 Å². The van der Waals surface area contributed by atoms with Crippen molar-refractivity contribution in [2.75, 3.05) is 6.54 Å². The molecule has 21 heavy (non-hydrogen) atoms. The van der Waals surface area contributed by atoms with Crippen LogP contribution < -0.4 is 10.6 Å². The summed E-state index contributed by atoms with van der Waals surface area (Å²) in [6.45, 7) is 4.54. The number of carbonyl (C=O) groups is 2. The predicted octanol–water partition coefficient (Wildman–Crippen LogP) is 2.71. The van der Waals surface area contributed by atoms with Gasteiger partial charge in [-0.3, -0.25) is 4.79 Å². The third kappa shape index (κ3) is 7.08. The number of urea groups is 1. The summed E-state index contributed by atoms with van der Waals surface area (Å²) in [4.78, 5) is 27.5. The van der Waals surface area contributed by atoms with E-state index in [2.05, 4.69) is 22.5 Å². The zero-order valence-corrected chi connectivity index (χ0v) is 13.3. The summed E-state index contributed by atoms with van der Waals surface area (Å²) in [5.74, 6) is -0.774. The van der Waals surface area contributed by atoms with E-state index in [1.807, 2.05) is 13.1 Å². The van der Waals surface area contributed by atoms with Gasteiger partial charge in [-0.05, 0) is 26.2 Å². The number of amides is 2. The number of unbranched alkanes of at least 4 members (excludes halogenated alkanes) is 2. The number of carboxylic acids is 1. The van der Waals surface area contributed by atoms with Gasteiger partial charge in [0.05, 0.1) is 6.04 Å². The van der Waals surface area contributed by atoms with Gasteiger partial charge in [0.25, 0.3) is 0 Å². The van der Waals surface area contributed by atoms with Crippen molar-refractivity contribution in [1.82, 2.24) is 15.6 Å². The maximum atomic E-state index is 11.7. The molecule has 0 radical (unpaired) electrons. The van der Waals surface area contributed by atoms with E-state index < -0.39 is 5.97 Å². The molecule has 0 aliphatic rings. The Labute approximate surface area is 129 Å². The van der Waals surface area contributed by atoms with Crippen molar-refractivity contribution in [3.05, 3.63) is 16.1 Å². The Hall–Kier alpha value is -1.63. The Morgan fingerprint density at radius 3 is 2.76 bits per heavy atom. The van der Waals surface area contributed by atoms with E-state index in [0.717, 1.165) is 24.3 Å². The average Bonchev–Trinajstić information content (AvgIpc) is 2.91. The summed E-state index contributed by atoms with van der Waals surface area (Å²) in [6.07, 6.45) is 5.22. The fraction of sp³-hybridized carbons (Fsp3) is 0.643. The smallest absolute Gasteiger partial charge is 0.315 e. The van der Waals surface area contributed by atoms with Crippen LogP contribution in [0.1, 0.15) is 55.5 Å². The number of aromatic nitrogens is 1. The van der Waals surface area contributed by atoms with Gasteiger partial charge in [0.2, 0.25) is 0 Å². The summed E-state index contributed by atoms with van der Waals surface area (Å²) < 4.78 is 0. The highest BCUT2D eigenvalue weighted by atomic mass is 32.1. The minimum absolute atomic E-state index is 0.109. The van der Waals surface area contributed by atoms with Crippen molar-refractivity contribution in [2.45, 2.75) is 52.0 Å². The number of thiazole rings is 1. The van der Waals surface area contributed by atoms with Crippen molar-refractivity contribution < 1.29 is 14.7 Å². The maximum Gasteiger partial charge on any atom is 0.315 e. The van der Waals surface area contributed by atoms with Crippen LogP contribution in [0.2, 0.25) is 0 Å². The standard InChI is InChI=1S/C14H23N3O3S/c1-3-11-9-16-13(21-11)10(2)17-14(20)15-8-6-4-5-7-12(18)19/h9-10H,3-8H2,1-2H3,(H,18,19)(H2,15,17,20). The van der Waals surface area contributed by atoms with Gasteiger partial charge in [-0.2, -0.15) is 0 Å². The van der Waals surface area contributed by atoms with E-state index in [0.29, 0.717) is 13.0 Å². The molecule has 1 aromatic heterocycles. The van der Waals surface area contributed by atoms with Gasteiger partial charge in [0.15, 0.2) is 0 Å². The number of aryl methyl sites for hydroxylation is 1. The number of carboxylic acid groups (broad SMARTS) is 1. The van der Waals surface area contributed by atoms with Crippen LogP contribution in [0, 0.1) is 0 Å². The lowest BCUT2D eigenvalue weighted by molar-refractivity contribution is -0.137. The minimum Gasteiger partial charge on any atom is -0.481 e. The molecule has 0 spiro atoms. The fourth-order valence-corrected chi connectivity index (χ4v) is 2.64. The van der Waals surface area contributed by atoms with Gasteiger partial charge in [-0.15, -0.1) is 11.3 Å². The van der Waals surface area contributed by atoms with Crippen LogP contribution in [-0.4, -0.2) is 28.6 Å². The van der Waals surface area contributed by atoms with Gasteiger partial charge < -0.3 is 15.7 Å². The second kappa shape index (κ2) is 9.33. The molecular formula is C14H23N3O3S. The number of hydrogen-bond acceptors (Lipinski definition) is 4. The molecule has 118 valence electrons. The molecule has 0 saturated heterocycles. The first-order chi connectivity index (χ1) is 10.0. The first-order valence-corrected chi connectivity index (χ1v) is 8.05. The summed E-state index contributed by atoms with van der Waals surface area (Å²) in [7, 11) is 0. The van der Waals surface area contributed by atoms with Gasteiger partial charge in [0.1, 0.15) is 5.01 Å². The third-order valence-electron chi connectivity index (χ3n) is 2.99. The van der Waals surface area contributed by atoms with Crippen LogP contribution in [0.3, 0.4) is 0 Å². The molecule has 0 aromatic carbocycles.